The highest BCUT2D eigenvalue weighted by molar-refractivity contribution is 6.31. The van der Waals surface area contributed by atoms with Gasteiger partial charge in [0.25, 0.3) is 0 Å². The van der Waals surface area contributed by atoms with E-state index in [0.29, 0.717) is 12.0 Å². The standard InChI is InChI=1S/C17H25ClFNO/c1-3-20(4-2)17(10-5-6-11-17)15(21)12-13-8-7-9-14(19)16(13)18/h7-9,15,21H,3-6,10-12H2,1-2H3. The van der Waals surface area contributed by atoms with E-state index in [0.717, 1.165) is 38.8 Å². The minimum atomic E-state index is -0.515. The number of benzene rings is 1. The molecule has 21 heavy (non-hydrogen) atoms. The highest BCUT2D eigenvalue weighted by atomic mass is 35.5. The Morgan fingerprint density at radius 3 is 2.48 bits per heavy atom. The molecule has 0 aromatic heterocycles. The van der Waals surface area contributed by atoms with Gasteiger partial charge in [0.2, 0.25) is 0 Å². The Balaban J connectivity index is 2.23. The Morgan fingerprint density at radius 1 is 1.29 bits per heavy atom. The lowest BCUT2D eigenvalue weighted by Crippen LogP contribution is -2.55. The first kappa shape index (κ1) is 16.7. The molecule has 1 N–H and O–H groups in total. The van der Waals surface area contributed by atoms with Crippen LogP contribution in [-0.2, 0) is 6.42 Å². The van der Waals surface area contributed by atoms with Gasteiger partial charge in [0, 0.05) is 12.0 Å². The third kappa shape index (κ3) is 3.25. The van der Waals surface area contributed by atoms with Crippen molar-refractivity contribution in [2.45, 2.75) is 57.6 Å². The molecule has 1 aromatic carbocycles. The summed E-state index contributed by atoms with van der Waals surface area (Å²) in [4.78, 5) is 2.36. The number of rotatable bonds is 6. The number of hydrogen-bond donors (Lipinski definition) is 1. The SMILES string of the molecule is CCN(CC)C1(C(O)Cc2cccc(F)c2Cl)CCCC1. The Bertz CT molecular complexity index is 470. The van der Waals surface area contributed by atoms with Gasteiger partial charge >= 0.3 is 0 Å². The smallest absolute Gasteiger partial charge is 0.142 e. The molecule has 118 valence electrons. The quantitative estimate of drug-likeness (QED) is 0.857. The lowest BCUT2D eigenvalue weighted by molar-refractivity contribution is -0.0244. The minimum Gasteiger partial charge on any atom is -0.391 e. The summed E-state index contributed by atoms with van der Waals surface area (Å²) in [5, 5.41) is 11.0. The molecule has 0 amide bonds. The Morgan fingerprint density at radius 2 is 1.90 bits per heavy atom. The summed E-state index contributed by atoms with van der Waals surface area (Å²) in [6.45, 7) is 6.10. The van der Waals surface area contributed by atoms with E-state index < -0.39 is 11.9 Å². The van der Waals surface area contributed by atoms with Crippen molar-refractivity contribution in [2.75, 3.05) is 13.1 Å². The van der Waals surface area contributed by atoms with E-state index in [-0.39, 0.29) is 10.6 Å². The molecule has 1 saturated carbocycles. The van der Waals surface area contributed by atoms with Crippen LogP contribution in [0.25, 0.3) is 0 Å². The zero-order chi connectivity index (χ0) is 15.5. The summed E-state index contributed by atoms with van der Waals surface area (Å²) in [7, 11) is 0. The molecule has 1 aromatic rings. The molecule has 2 rings (SSSR count). The van der Waals surface area contributed by atoms with Crippen LogP contribution in [-0.4, -0.2) is 34.7 Å². The fourth-order valence-corrected chi connectivity index (χ4v) is 4.01. The normalized spacial score (nSPS) is 19.1. The van der Waals surface area contributed by atoms with Crippen molar-refractivity contribution >= 4 is 11.6 Å². The molecule has 0 aliphatic heterocycles. The fraction of sp³-hybridized carbons (Fsp3) is 0.647. The molecule has 0 bridgehead atoms. The first-order valence-electron chi connectivity index (χ1n) is 7.91. The van der Waals surface area contributed by atoms with Crippen molar-refractivity contribution in [3.63, 3.8) is 0 Å². The Labute approximate surface area is 131 Å². The lowest BCUT2D eigenvalue weighted by Gasteiger charge is -2.44. The average Bonchev–Trinajstić information content (AvgIpc) is 2.96. The highest BCUT2D eigenvalue weighted by Crippen LogP contribution is 2.39. The summed E-state index contributed by atoms with van der Waals surface area (Å²) in [6.07, 6.45) is 4.19. The zero-order valence-corrected chi connectivity index (χ0v) is 13.7. The lowest BCUT2D eigenvalue weighted by atomic mass is 9.84. The molecule has 1 atom stereocenters. The van der Waals surface area contributed by atoms with Crippen molar-refractivity contribution in [3.8, 4) is 0 Å². The van der Waals surface area contributed by atoms with E-state index in [1.807, 2.05) is 0 Å². The average molecular weight is 314 g/mol. The number of hydrogen-bond acceptors (Lipinski definition) is 2. The van der Waals surface area contributed by atoms with Crippen molar-refractivity contribution < 1.29 is 9.50 Å². The monoisotopic (exact) mass is 313 g/mol. The van der Waals surface area contributed by atoms with Crippen LogP contribution in [0.1, 0.15) is 45.1 Å². The van der Waals surface area contributed by atoms with Gasteiger partial charge in [-0.1, -0.05) is 50.4 Å². The molecule has 0 spiro atoms. The second-order valence-electron chi connectivity index (χ2n) is 5.92. The Kier molecular flexibility index (Phi) is 5.64. The molecule has 1 aliphatic carbocycles. The summed E-state index contributed by atoms with van der Waals surface area (Å²) < 4.78 is 13.6. The third-order valence-electron chi connectivity index (χ3n) is 4.93. The summed E-state index contributed by atoms with van der Waals surface area (Å²) in [6, 6.07) is 4.81. The summed E-state index contributed by atoms with van der Waals surface area (Å²) in [5.41, 5.74) is 0.515. The van der Waals surface area contributed by atoms with E-state index in [9.17, 15) is 9.50 Å². The second kappa shape index (κ2) is 7.08. The second-order valence-corrected chi connectivity index (χ2v) is 6.29. The first-order valence-corrected chi connectivity index (χ1v) is 8.29. The molecule has 0 saturated heterocycles. The van der Waals surface area contributed by atoms with Gasteiger partial charge in [-0.15, -0.1) is 0 Å². The predicted octanol–water partition coefficient (Wildman–Crippen LogP) is 4.04. The van der Waals surface area contributed by atoms with Gasteiger partial charge in [-0.05, 0) is 37.6 Å². The van der Waals surface area contributed by atoms with E-state index in [1.54, 1.807) is 12.1 Å². The third-order valence-corrected chi connectivity index (χ3v) is 5.35. The van der Waals surface area contributed by atoms with Crippen LogP contribution in [0.5, 0.6) is 0 Å². The summed E-state index contributed by atoms with van der Waals surface area (Å²) >= 11 is 6.04. The molecule has 4 heteroatoms. The molecule has 1 fully saturated rings. The first-order chi connectivity index (χ1) is 10.0. The molecule has 0 radical (unpaired) electrons. The predicted molar refractivity (Wildman–Crippen MR) is 85.2 cm³/mol. The fourth-order valence-electron chi connectivity index (χ4n) is 3.81. The van der Waals surface area contributed by atoms with Crippen LogP contribution in [0.4, 0.5) is 4.39 Å². The van der Waals surface area contributed by atoms with Crippen molar-refractivity contribution in [1.29, 1.82) is 0 Å². The maximum Gasteiger partial charge on any atom is 0.142 e. The maximum atomic E-state index is 13.6. The van der Waals surface area contributed by atoms with Gasteiger partial charge in [0.1, 0.15) is 5.82 Å². The largest absolute Gasteiger partial charge is 0.391 e. The molecular weight excluding hydrogens is 289 g/mol. The van der Waals surface area contributed by atoms with Crippen LogP contribution in [0.15, 0.2) is 18.2 Å². The zero-order valence-electron chi connectivity index (χ0n) is 12.9. The van der Waals surface area contributed by atoms with Crippen LogP contribution in [0.2, 0.25) is 5.02 Å². The minimum absolute atomic E-state index is 0.143. The van der Waals surface area contributed by atoms with E-state index in [4.69, 9.17) is 11.6 Å². The van der Waals surface area contributed by atoms with Crippen LogP contribution in [0, 0.1) is 5.82 Å². The van der Waals surface area contributed by atoms with E-state index >= 15 is 0 Å². The number of aliphatic hydroxyl groups excluding tert-OH is 1. The maximum absolute atomic E-state index is 13.6. The molecule has 1 unspecified atom stereocenters. The van der Waals surface area contributed by atoms with Crippen LogP contribution < -0.4 is 0 Å². The van der Waals surface area contributed by atoms with Crippen molar-refractivity contribution in [1.82, 2.24) is 4.90 Å². The topological polar surface area (TPSA) is 23.5 Å². The number of halogens is 2. The van der Waals surface area contributed by atoms with Gasteiger partial charge in [-0.2, -0.15) is 0 Å². The molecular formula is C17H25ClFNO. The van der Waals surface area contributed by atoms with Crippen molar-refractivity contribution in [2.24, 2.45) is 0 Å². The number of nitrogens with zero attached hydrogens (tertiary/aromatic N) is 1. The van der Waals surface area contributed by atoms with E-state index in [2.05, 4.69) is 18.7 Å². The molecule has 0 heterocycles. The summed E-state index contributed by atoms with van der Waals surface area (Å²) in [5.74, 6) is -0.412. The molecule has 1 aliphatic rings. The van der Waals surface area contributed by atoms with Gasteiger partial charge in [0.05, 0.1) is 11.1 Å². The Hall–Kier alpha value is -0.640. The van der Waals surface area contributed by atoms with Crippen LogP contribution in [0.3, 0.4) is 0 Å². The molecule has 2 nitrogen and oxygen atoms in total. The van der Waals surface area contributed by atoms with Gasteiger partial charge in [-0.25, -0.2) is 4.39 Å². The number of aliphatic hydroxyl groups is 1. The van der Waals surface area contributed by atoms with Crippen LogP contribution >= 0.6 is 11.6 Å². The van der Waals surface area contributed by atoms with Gasteiger partial charge < -0.3 is 5.11 Å². The van der Waals surface area contributed by atoms with Gasteiger partial charge in [0.15, 0.2) is 0 Å². The van der Waals surface area contributed by atoms with Gasteiger partial charge in [-0.3, -0.25) is 4.90 Å². The highest BCUT2D eigenvalue weighted by Gasteiger charge is 2.44. The number of likely N-dealkylation sites (N-methyl/N-ethyl adjacent to an activating group) is 1. The van der Waals surface area contributed by atoms with E-state index in [1.165, 1.54) is 6.07 Å². The van der Waals surface area contributed by atoms with Crippen molar-refractivity contribution in [3.05, 3.63) is 34.6 Å².